The minimum Gasteiger partial charge on any atom is -0.481 e. The lowest BCUT2D eigenvalue weighted by atomic mass is 10.2. The molecule has 5 heteroatoms. The van der Waals surface area contributed by atoms with Crippen molar-refractivity contribution in [3.8, 4) is 0 Å². The predicted molar refractivity (Wildman–Crippen MR) is 32.5 cm³/mol. The van der Waals surface area contributed by atoms with Gasteiger partial charge in [0.15, 0.2) is 0 Å². The molecule has 0 aliphatic heterocycles. The highest BCUT2D eigenvalue weighted by atomic mass is 16.4. The van der Waals surface area contributed by atoms with Crippen LogP contribution < -0.4 is 5.73 Å². The fraction of sp³-hybridized carbons (Fsp3) is 0.600. The Labute approximate surface area is 58.9 Å². The van der Waals surface area contributed by atoms with Gasteiger partial charge in [-0.05, 0) is 6.42 Å². The van der Waals surface area contributed by atoms with Crippen molar-refractivity contribution in [2.24, 2.45) is 5.73 Å². The first-order valence-corrected chi connectivity index (χ1v) is 2.69. The Bertz CT molecular complexity index is 161. The summed E-state index contributed by atoms with van der Waals surface area (Å²) >= 11 is 0. The van der Waals surface area contributed by atoms with Crippen LogP contribution in [0.25, 0.3) is 0 Å². The Kier molecular flexibility index (Phi) is 2.69. The van der Waals surface area contributed by atoms with Gasteiger partial charge < -0.3 is 15.9 Å². The Balaban J connectivity index is 3.70. The maximum absolute atomic E-state index is 10.2. The van der Waals surface area contributed by atoms with E-state index in [4.69, 9.17) is 11.6 Å². The van der Waals surface area contributed by atoms with Gasteiger partial charge in [0.2, 0.25) is 0 Å². The van der Waals surface area contributed by atoms with Crippen LogP contribution in [0.2, 0.25) is 1.41 Å². The van der Waals surface area contributed by atoms with Gasteiger partial charge in [0.25, 0.3) is 0 Å². The smallest absolute Gasteiger partial charge is 0.320 e. The summed E-state index contributed by atoms with van der Waals surface area (Å²) in [7, 11) is 0. The summed E-state index contributed by atoms with van der Waals surface area (Å²) in [6.45, 7) is 0. The van der Waals surface area contributed by atoms with Crippen LogP contribution in [0.1, 0.15) is 12.8 Å². The molecule has 0 radical (unpaired) electrons. The van der Waals surface area contributed by atoms with Gasteiger partial charge in [-0.2, -0.15) is 0 Å². The van der Waals surface area contributed by atoms with Crippen molar-refractivity contribution in [2.75, 3.05) is 0 Å². The fourth-order valence-electron chi connectivity index (χ4n) is 0.391. The molecule has 0 spiro atoms. The van der Waals surface area contributed by atoms with Crippen molar-refractivity contribution < 1.29 is 21.2 Å². The van der Waals surface area contributed by atoms with Crippen molar-refractivity contribution in [2.45, 2.75) is 18.9 Å². The number of carbonyl (C=O) groups is 2. The number of hydrogen-bond donors (Lipinski definition) is 3. The predicted octanol–water partition coefficient (Wildman–Crippen LogP) is -0.737. The molecule has 0 saturated carbocycles. The van der Waals surface area contributed by atoms with Gasteiger partial charge in [0.1, 0.15) is 7.45 Å². The van der Waals surface area contributed by atoms with E-state index in [-0.39, 0.29) is 12.8 Å². The maximum Gasteiger partial charge on any atom is 0.320 e. The van der Waals surface area contributed by atoms with Crippen LogP contribution in [0.15, 0.2) is 0 Å². The monoisotopic (exact) mass is 149 g/mol. The summed E-state index contributed by atoms with van der Waals surface area (Å²) < 4.78 is 6.51. The van der Waals surface area contributed by atoms with Gasteiger partial charge in [0.05, 0.1) is 0 Å². The molecule has 0 fully saturated rings. The van der Waals surface area contributed by atoms with Crippen molar-refractivity contribution in [1.29, 1.82) is 0 Å². The Hall–Kier alpha value is -1.10. The minimum absolute atomic E-state index is 0.0752. The van der Waals surface area contributed by atoms with Gasteiger partial charge in [-0.25, -0.2) is 0 Å². The van der Waals surface area contributed by atoms with Gasteiger partial charge >= 0.3 is 11.9 Å². The average Bonchev–Trinajstić information content (AvgIpc) is 1.87. The SMILES string of the molecule is [3H]N[C@@H](CCC(=O)O)C(=O)O. The first kappa shape index (κ1) is 7.01. The lowest BCUT2D eigenvalue weighted by Gasteiger charge is -2.01. The van der Waals surface area contributed by atoms with Gasteiger partial charge in [-0.1, -0.05) is 0 Å². The largest absolute Gasteiger partial charge is 0.481 e. The summed E-state index contributed by atoms with van der Waals surface area (Å²) in [4.78, 5) is 20.1. The van der Waals surface area contributed by atoms with Crippen molar-refractivity contribution in [3.05, 3.63) is 0 Å². The zero-order valence-electron chi connectivity index (χ0n) is 6.20. The molecule has 10 heavy (non-hydrogen) atoms. The van der Waals surface area contributed by atoms with Crippen molar-refractivity contribution >= 4 is 11.9 Å². The van der Waals surface area contributed by atoms with Crippen LogP contribution in [0, 0.1) is 0 Å². The third kappa shape index (κ3) is 3.85. The zero-order chi connectivity index (χ0) is 8.85. The minimum atomic E-state index is -1.21. The molecule has 58 valence electrons. The molecule has 1 atom stereocenters. The van der Waals surface area contributed by atoms with Gasteiger partial charge in [0, 0.05) is 6.42 Å². The van der Waals surface area contributed by atoms with E-state index in [0.717, 1.165) is 0 Å². The summed E-state index contributed by atoms with van der Waals surface area (Å²) in [6, 6.07) is -1.09. The quantitative estimate of drug-likeness (QED) is 0.478. The molecule has 4 N–H and O–H groups in total. The molecule has 0 aromatic heterocycles. The van der Waals surface area contributed by atoms with Crippen molar-refractivity contribution in [1.82, 2.24) is 0 Å². The highest BCUT2D eigenvalue weighted by Crippen LogP contribution is 1.93. The van der Waals surface area contributed by atoms with E-state index in [9.17, 15) is 9.59 Å². The highest BCUT2D eigenvalue weighted by molar-refractivity contribution is 5.74. The first-order chi connectivity index (χ1) is 5.07. The Morgan fingerprint density at radius 3 is 2.50 bits per heavy atom. The zero-order valence-corrected chi connectivity index (χ0v) is 5.20. The van der Waals surface area contributed by atoms with Crippen LogP contribution >= 0.6 is 0 Å². The van der Waals surface area contributed by atoms with E-state index in [2.05, 4.69) is 0 Å². The maximum atomic E-state index is 10.2. The lowest BCUT2D eigenvalue weighted by Crippen LogP contribution is -2.30. The van der Waals surface area contributed by atoms with Crippen LogP contribution in [-0.4, -0.2) is 28.2 Å². The molecule has 0 heterocycles. The number of rotatable bonds is 5. The molecule has 0 aliphatic carbocycles. The fourth-order valence-corrected chi connectivity index (χ4v) is 0.391. The number of aliphatic carboxylic acids is 2. The molecule has 5 nitrogen and oxygen atoms in total. The molecular weight excluding hydrogens is 138 g/mol. The summed E-state index contributed by atoms with van der Waals surface area (Å²) in [5.41, 5.74) is 1.74. The van der Waals surface area contributed by atoms with Crippen LogP contribution in [0.3, 0.4) is 0 Å². The average molecular weight is 149 g/mol. The van der Waals surface area contributed by atoms with E-state index in [0.29, 0.717) is 0 Å². The van der Waals surface area contributed by atoms with Crippen LogP contribution in [-0.2, 0) is 9.59 Å². The number of nitrogens with two attached hydrogens (primary N) is 1. The first-order valence-electron chi connectivity index (χ1n) is 3.19. The summed E-state index contributed by atoms with van der Waals surface area (Å²) in [5, 5.41) is 16.5. The molecular formula is C5H9NO4. The number of carboxylic acid groups (broad SMARTS) is 2. The molecule has 0 aromatic carbocycles. The van der Waals surface area contributed by atoms with Crippen LogP contribution in [0.4, 0.5) is 0 Å². The normalized spacial score (nSPS) is 13.8. The van der Waals surface area contributed by atoms with E-state index in [1.54, 1.807) is 5.73 Å². The molecule has 0 unspecified atom stereocenters. The van der Waals surface area contributed by atoms with Gasteiger partial charge in [-0.15, -0.1) is 0 Å². The molecule has 0 aromatic rings. The summed E-state index contributed by atoms with van der Waals surface area (Å²) in [6.07, 6.45) is -0.322. The summed E-state index contributed by atoms with van der Waals surface area (Å²) in [5.74, 6) is -2.27. The van der Waals surface area contributed by atoms with E-state index >= 15 is 0 Å². The lowest BCUT2D eigenvalue weighted by molar-refractivity contribution is -0.139. The molecule has 0 aliphatic rings. The molecule has 0 saturated heterocycles. The molecule has 0 amide bonds. The Morgan fingerprint density at radius 1 is 1.60 bits per heavy atom. The second-order valence-corrected chi connectivity index (χ2v) is 1.82. The standard InChI is InChI=1S/C5H9NO4/c6-3(5(9)10)1-2-4(7)8/h3H,1-2,6H2,(H,7,8)(H,9,10)/t3-/m0/s1/i/hT. The van der Waals surface area contributed by atoms with Gasteiger partial charge in [-0.3, -0.25) is 9.59 Å². The van der Waals surface area contributed by atoms with E-state index < -0.39 is 18.0 Å². The second-order valence-electron chi connectivity index (χ2n) is 1.82. The highest BCUT2D eigenvalue weighted by Gasteiger charge is 2.12. The Morgan fingerprint density at radius 2 is 2.20 bits per heavy atom. The van der Waals surface area contributed by atoms with E-state index in [1.807, 2.05) is 0 Å². The van der Waals surface area contributed by atoms with Crippen molar-refractivity contribution in [3.63, 3.8) is 0 Å². The molecule has 0 rings (SSSR count). The third-order valence-corrected chi connectivity index (χ3v) is 0.945. The molecule has 0 bridgehead atoms. The number of hydrogen-bond acceptors (Lipinski definition) is 3. The third-order valence-electron chi connectivity index (χ3n) is 0.945. The second kappa shape index (κ2) is 3.84. The van der Waals surface area contributed by atoms with E-state index in [1.165, 1.54) is 0 Å². The topological polar surface area (TPSA) is 101 Å². The number of carboxylic acids is 2. The van der Waals surface area contributed by atoms with Crippen LogP contribution in [0.5, 0.6) is 0 Å².